The molecule has 0 saturated carbocycles. The fraction of sp³-hybridized carbons (Fsp3) is 0.462. The van der Waals surface area contributed by atoms with E-state index in [2.05, 4.69) is 5.32 Å². The number of methoxy groups -OCH3 is 1. The minimum Gasteiger partial charge on any atom is -0.385 e. The second-order valence-electron chi connectivity index (χ2n) is 4.39. The van der Waals surface area contributed by atoms with Crippen LogP contribution in [0.25, 0.3) is 0 Å². The van der Waals surface area contributed by atoms with E-state index in [1.165, 1.54) is 7.11 Å². The van der Waals surface area contributed by atoms with Crippen molar-refractivity contribution in [3.63, 3.8) is 0 Å². The van der Waals surface area contributed by atoms with Crippen molar-refractivity contribution in [3.05, 3.63) is 29.8 Å². The van der Waals surface area contributed by atoms with Gasteiger partial charge in [-0.2, -0.15) is 0 Å². The van der Waals surface area contributed by atoms with Gasteiger partial charge in [0.15, 0.2) is 9.84 Å². The van der Waals surface area contributed by atoms with E-state index in [0.29, 0.717) is 25.3 Å². The number of sulfone groups is 1. The number of benzene rings is 1. The lowest BCUT2D eigenvalue weighted by molar-refractivity contribution is -0.113. The molecule has 0 aliphatic rings. The molecule has 0 saturated heterocycles. The highest BCUT2D eigenvalue weighted by atomic mass is 32.2. The number of hydrogen-bond donors (Lipinski definition) is 2. The van der Waals surface area contributed by atoms with E-state index in [9.17, 15) is 13.2 Å². The molecule has 20 heavy (non-hydrogen) atoms. The first-order chi connectivity index (χ1) is 9.46. The second-order valence-corrected chi connectivity index (χ2v) is 6.58. The maximum absolute atomic E-state index is 11.7. The van der Waals surface area contributed by atoms with Gasteiger partial charge in [-0.25, -0.2) is 8.42 Å². The summed E-state index contributed by atoms with van der Waals surface area (Å²) in [5.41, 5.74) is 6.91. The number of nitrogens with two attached hydrogens (primary N) is 1. The molecule has 0 aliphatic heterocycles. The van der Waals surface area contributed by atoms with Crippen molar-refractivity contribution in [3.8, 4) is 0 Å². The van der Waals surface area contributed by atoms with Crippen molar-refractivity contribution in [2.24, 2.45) is 5.73 Å². The summed E-state index contributed by atoms with van der Waals surface area (Å²) in [6.45, 7) is 0.721. The van der Waals surface area contributed by atoms with Crippen LogP contribution < -0.4 is 11.1 Å². The van der Waals surface area contributed by atoms with Gasteiger partial charge in [0, 0.05) is 25.9 Å². The van der Waals surface area contributed by atoms with E-state index in [-0.39, 0.29) is 5.75 Å². The van der Waals surface area contributed by atoms with Crippen molar-refractivity contribution < 1.29 is 17.9 Å². The Labute approximate surface area is 119 Å². The Morgan fingerprint density at radius 1 is 1.40 bits per heavy atom. The predicted molar refractivity (Wildman–Crippen MR) is 78.1 cm³/mol. The number of carbonyl (C=O) groups excluding carboxylic acids is 1. The van der Waals surface area contributed by atoms with Crippen LogP contribution in [0.5, 0.6) is 0 Å². The zero-order valence-corrected chi connectivity index (χ0v) is 12.3. The van der Waals surface area contributed by atoms with Crippen LogP contribution in [-0.4, -0.2) is 39.5 Å². The van der Waals surface area contributed by atoms with Crippen LogP contribution in [0.3, 0.4) is 0 Å². The zero-order chi connectivity index (χ0) is 15.0. The van der Waals surface area contributed by atoms with Crippen LogP contribution in [0.15, 0.2) is 24.3 Å². The molecule has 3 N–H and O–H groups in total. The molecule has 6 nitrogen and oxygen atoms in total. The van der Waals surface area contributed by atoms with Crippen LogP contribution in [0.1, 0.15) is 12.0 Å². The Hall–Kier alpha value is -1.44. The molecule has 7 heteroatoms. The van der Waals surface area contributed by atoms with E-state index >= 15 is 0 Å². The highest BCUT2D eigenvalue weighted by Gasteiger charge is 2.16. The van der Waals surface area contributed by atoms with Gasteiger partial charge in [0.25, 0.3) is 0 Å². The first kappa shape index (κ1) is 16.6. The summed E-state index contributed by atoms with van der Waals surface area (Å²) in [4.78, 5) is 11.7. The van der Waals surface area contributed by atoms with Crippen molar-refractivity contribution in [1.82, 2.24) is 0 Å². The van der Waals surface area contributed by atoms with Crippen molar-refractivity contribution in [2.45, 2.75) is 13.0 Å². The standard InChI is InChI=1S/C13H20N2O4S/c1-19-6-3-7-20(17,18)10-13(16)15-12-5-2-4-11(8-12)9-14/h2,4-5,8H,3,6-7,9-10,14H2,1H3,(H,15,16). The van der Waals surface area contributed by atoms with Gasteiger partial charge in [-0.3, -0.25) is 4.79 Å². The Balaban J connectivity index is 2.54. The molecule has 0 unspecified atom stereocenters. The average Bonchev–Trinajstić information content (AvgIpc) is 2.38. The summed E-state index contributed by atoms with van der Waals surface area (Å²) in [5.74, 6) is -1.13. The Kier molecular flexibility index (Phi) is 6.63. The summed E-state index contributed by atoms with van der Waals surface area (Å²) in [5, 5.41) is 2.56. The number of nitrogens with one attached hydrogen (secondary N) is 1. The van der Waals surface area contributed by atoms with Gasteiger partial charge in [-0.15, -0.1) is 0 Å². The molecular formula is C13H20N2O4S. The van der Waals surface area contributed by atoms with Gasteiger partial charge in [-0.05, 0) is 24.1 Å². The summed E-state index contributed by atoms with van der Waals surface area (Å²) in [6.07, 6.45) is 0.384. The number of anilines is 1. The molecule has 1 rings (SSSR count). The Morgan fingerprint density at radius 2 is 2.15 bits per heavy atom. The lowest BCUT2D eigenvalue weighted by Gasteiger charge is -2.07. The van der Waals surface area contributed by atoms with Gasteiger partial charge in [0.1, 0.15) is 5.75 Å². The molecule has 0 bridgehead atoms. The lowest BCUT2D eigenvalue weighted by Crippen LogP contribution is -2.25. The van der Waals surface area contributed by atoms with E-state index < -0.39 is 21.5 Å². The van der Waals surface area contributed by atoms with Crippen LogP contribution in [0.4, 0.5) is 5.69 Å². The highest BCUT2D eigenvalue weighted by molar-refractivity contribution is 7.92. The van der Waals surface area contributed by atoms with Gasteiger partial charge in [0.2, 0.25) is 5.91 Å². The predicted octanol–water partition coefficient (Wildman–Crippen LogP) is 0.535. The molecule has 1 aromatic rings. The van der Waals surface area contributed by atoms with E-state index in [1.54, 1.807) is 18.2 Å². The minimum atomic E-state index is -3.41. The van der Waals surface area contributed by atoms with Gasteiger partial charge in [0.05, 0.1) is 5.75 Å². The number of rotatable bonds is 8. The molecule has 1 aromatic carbocycles. The quantitative estimate of drug-likeness (QED) is 0.683. The highest BCUT2D eigenvalue weighted by Crippen LogP contribution is 2.10. The monoisotopic (exact) mass is 300 g/mol. The van der Waals surface area contributed by atoms with Crippen LogP contribution in [-0.2, 0) is 25.9 Å². The third-order valence-electron chi connectivity index (χ3n) is 2.60. The molecule has 1 amide bonds. The molecule has 0 radical (unpaired) electrons. The Morgan fingerprint density at radius 3 is 2.80 bits per heavy atom. The first-order valence-electron chi connectivity index (χ1n) is 6.25. The summed E-state index contributed by atoms with van der Waals surface area (Å²) < 4.78 is 28.2. The van der Waals surface area contributed by atoms with Gasteiger partial charge >= 0.3 is 0 Å². The SMILES string of the molecule is COCCCS(=O)(=O)CC(=O)Nc1cccc(CN)c1. The third-order valence-corrected chi connectivity index (χ3v) is 4.21. The number of carbonyl (C=O) groups is 1. The van der Waals surface area contributed by atoms with Crippen LogP contribution >= 0.6 is 0 Å². The molecule has 0 fully saturated rings. The molecular weight excluding hydrogens is 280 g/mol. The smallest absolute Gasteiger partial charge is 0.239 e. The fourth-order valence-corrected chi connectivity index (χ4v) is 2.84. The lowest BCUT2D eigenvalue weighted by atomic mass is 10.2. The van der Waals surface area contributed by atoms with Crippen LogP contribution in [0, 0.1) is 0 Å². The maximum atomic E-state index is 11.7. The average molecular weight is 300 g/mol. The van der Waals surface area contributed by atoms with Gasteiger partial charge < -0.3 is 15.8 Å². The van der Waals surface area contributed by atoms with E-state index in [0.717, 1.165) is 5.56 Å². The molecule has 0 aromatic heterocycles. The topological polar surface area (TPSA) is 98.5 Å². The van der Waals surface area contributed by atoms with Gasteiger partial charge in [-0.1, -0.05) is 12.1 Å². The molecule has 112 valence electrons. The molecule has 0 heterocycles. The summed E-state index contributed by atoms with van der Waals surface area (Å²) >= 11 is 0. The molecule has 0 aliphatic carbocycles. The number of ether oxygens (including phenoxy) is 1. The third kappa shape index (κ3) is 6.14. The van der Waals surface area contributed by atoms with Crippen LogP contribution in [0.2, 0.25) is 0 Å². The fourth-order valence-electron chi connectivity index (χ4n) is 1.67. The summed E-state index contributed by atoms with van der Waals surface area (Å²) in [7, 11) is -1.90. The van der Waals surface area contributed by atoms with Crippen molar-refractivity contribution in [2.75, 3.05) is 30.5 Å². The second kappa shape index (κ2) is 7.98. The normalized spacial score (nSPS) is 11.3. The largest absolute Gasteiger partial charge is 0.385 e. The maximum Gasteiger partial charge on any atom is 0.239 e. The van der Waals surface area contributed by atoms with Crippen molar-refractivity contribution >= 4 is 21.4 Å². The Bertz CT molecular complexity index is 543. The zero-order valence-electron chi connectivity index (χ0n) is 11.5. The first-order valence-corrected chi connectivity index (χ1v) is 8.07. The van der Waals surface area contributed by atoms with E-state index in [4.69, 9.17) is 10.5 Å². The number of amides is 1. The molecule has 0 atom stereocenters. The number of hydrogen-bond acceptors (Lipinski definition) is 5. The van der Waals surface area contributed by atoms with Crippen molar-refractivity contribution in [1.29, 1.82) is 0 Å². The van der Waals surface area contributed by atoms with E-state index in [1.807, 2.05) is 6.07 Å². The minimum absolute atomic E-state index is 0.0584. The molecule has 0 spiro atoms. The summed E-state index contributed by atoms with van der Waals surface area (Å²) in [6, 6.07) is 6.99.